The van der Waals surface area contributed by atoms with Gasteiger partial charge in [-0.2, -0.15) is 0 Å². The van der Waals surface area contributed by atoms with Crippen molar-refractivity contribution in [3.05, 3.63) is 64.7 Å². The van der Waals surface area contributed by atoms with Crippen molar-refractivity contribution in [2.24, 2.45) is 11.7 Å². The topological polar surface area (TPSA) is 55.5 Å². The Morgan fingerprint density at radius 1 is 1.11 bits per heavy atom. The molecular formula is C25H33NO2. The molecule has 150 valence electrons. The molecule has 0 saturated heterocycles. The summed E-state index contributed by atoms with van der Waals surface area (Å²) in [4.78, 5) is 0. The molecule has 0 bridgehead atoms. The van der Waals surface area contributed by atoms with Crippen LogP contribution in [0.15, 0.2) is 42.5 Å². The van der Waals surface area contributed by atoms with E-state index >= 15 is 0 Å². The van der Waals surface area contributed by atoms with Gasteiger partial charge in [0.25, 0.3) is 0 Å². The van der Waals surface area contributed by atoms with Crippen molar-refractivity contribution >= 4 is 0 Å². The largest absolute Gasteiger partial charge is 0.494 e. The Bertz CT molecular complexity index is 801. The molecule has 1 saturated carbocycles. The summed E-state index contributed by atoms with van der Waals surface area (Å²) in [5, 5.41) is 9.54. The number of aryl methyl sites for hydroxylation is 1. The molecule has 2 aromatic rings. The van der Waals surface area contributed by atoms with E-state index in [1.54, 1.807) is 0 Å². The van der Waals surface area contributed by atoms with Gasteiger partial charge < -0.3 is 15.6 Å². The molecule has 1 fully saturated rings. The van der Waals surface area contributed by atoms with Crippen molar-refractivity contribution < 1.29 is 9.84 Å². The van der Waals surface area contributed by atoms with Crippen molar-refractivity contribution in [2.45, 2.75) is 63.3 Å². The maximum Gasteiger partial charge on any atom is 0.119 e. The van der Waals surface area contributed by atoms with Crippen LogP contribution in [-0.4, -0.2) is 23.9 Å². The van der Waals surface area contributed by atoms with Gasteiger partial charge in [0.2, 0.25) is 0 Å². The van der Waals surface area contributed by atoms with Crippen LogP contribution in [0.2, 0.25) is 0 Å². The lowest BCUT2D eigenvalue weighted by Gasteiger charge is -2.26. The predicted octanol–water partition coefficient (Wildman–Crippen LogP) is 4.39. The second-order valence-corrected chi connectivity index (χ2v) is 8.88. The smallest absolute Gasteiger partial charge is 0.119 e. The Balaban J connectivity index is 1.39. The molecular weight excluding hydrogens is 346 g/mol. The molecule has 0 radical (unpaired) electrons. The van der Waals surface area contributed by atoms with Crippen molar-refractivity contribution in [1.29, 1.82) is 0 Å². The number of ether oxygens (including phenoxy) is 1. The molecule has 0 heterocycles. The fraction of sp³-hybridized carbons (Fsp3) is 0.520. The molecule has 0 amide bonds. The lowest BCUT2D eigenvalue weighted by Crippen LogP contribution is -2.40. The summed E-state index contributed by atoms with van der Waals surface area (Å²) >= 11 is 0. The first-order valence-corrected chi connectivity index (χ1v) is 10.8. The monoisotopic (exact) mass is 379 g/mol. The zero-order chi connectivity index (χ0) is 19.6. The van der Waals surface area contributed by atoms with Crippen LogP contribution in [0.1, 0.15) is 60.8 Å². The van der Waals surface area contributed by atoms with Gasteiger partial charge in [-0.1, -0.05) is 30.3 Å². The number of aliphatic hydroxyl groups excluding tert-OH is 1. The van der Waals surface area contributed by atoms with Gasteiger partial charge in [0.05, 0.1) is 13.2 Å². The Hall–Kier alpha value is -1.84. The highest BCUT2D eigenvalue weighted by atomic mass is 16.5. The third-order valence-corrected chi connectivity index (χ3v) is 6.75. The molecule has 3 N–H and O–H groups in total. The first-order chi connectivity index (χ1) is 13.6. The van der Waals surface area contributed by atoms with Crippen LogP contribution in [0, 0.1) is 5.92 Å². The van der Waals surface area contributed by atoms with Crippen molar-refractivity contribution in [3.8, 4) is 5.75 Å². The fourth-order valence-corrected chi connectivity index (χ4v) is 5.08. The van der Waals surface area contributed by atoms with E-state index in [1.807, 2.05) is 6.92 Å². The standard InChI is InChI=1S/C25H33NO2/c1-2-28-24-9-4-18(5-10-24)13-19-3-6-21-15-22(8-7-20(21)14-19)23-11-12-25(26,16-23)17-27/h4-5,7-10,15,19,23,27H,2-3,6,11-14,16-17,26H2,1H3/t19-,23-,25+/m0/s1. The fourth-order valence-electron chi connectivity index (χ4n) is 5.08. The van der Waals surface area contributed by atoms with E-state index in [-0.39, 0.29) is 12.1 Å². The van der Waals surface area contributed by atoms with Crippen LogP contribution in [0.4, 0.5) is 0 Å². The minimum atomic E-state index is -0.372. The summed E-state index contributed by atoms with van der Waals surface area (Å²) in [7, 11) is 0. The van der Waals surface area contributed by atoms with Gasteiger partial charge in [0.1, 0.15) is 5.75 Å². The highest BCUT2D eigenvalue weighted by Gasteiger charge is 2.36. The Morgan fingerprint density at radius 3 is 2.64 bits per heavy atom. The number of fused-ring (bicyclic) bond motifs is 1. The summed E-state index contributed by atoms with van der Waals surface area (Å²) in [6.07, 6.45) is 7.67. The van der Waals surface area contributed by atoms with Gasteiger partial charge >= 0.3 is 0 Å². The molecule has 3 atom stereocenters. The summed E-state index contributed by atoms with van der Waals surface area (Å²) in [6, 6.07) is 15.7. The normalized spacial score (nSPS) is 26.8. The molecule has 28 heavy (non-hydrogen) atoms. The quantitative estimate of drug-likeness (QED) is 0.783. The van der Waals surface area contributed by atoms with Crippen LogP contribution in [0.25, 0.3) is 0 Å². The van der Waals surface area contributed by atoms with E-state index in [9.17, 15) is 5.11 Å². The summed E-state index contributed by atoms with van der Waals surface area (Å²) in [6.45, 7) is 2.83. The molecule has 0 aromatic heterocycles. The second-order valence-electron chi connectivity index (χ2n) is 8.88. The number of rotatable bonds is 6. The van der Waals surface area contributed by atoms with E-state index in [0.717, 1.165) is 31.4 Å². The minimum Gasteiger partial charge on any atom is -0.494 e. The van der Waals surface area contributed by atoms with Crippen molar-refractivity contribution in [1.82, 2.24) is 0 Å². The Labute approximate surface area is 168 Å². The number of aliphatic hydroxyl groups is 1. The van der Waals surface area contributed by atoms with Crippen LogP contribution < -0.4 is 10.5 Å². The molecule has 3 nitrogen and oxygen atoms in total. The zero-order valence-electron chi connectivity index (χ0n) is 17.0. The summed E-state index contributed by atoms with van der Waals surface area (Å²) < 4.78 is 5.55. The average Bonchev–Trinajstić information content (AvgIpc) is 3.12. The summed E-state index contributed by atoms with van der Waals surface area (Å²) in [5.74, 6) is 2.18. The molecule has 0 aliphatic heterocycles. The second kappa shape index (κ2) is 8.26. The van der Waals surface area contributed by atoms with Gasteiger partial charge in [-0.25, -0.2) is 0 Å². The first kappa shape index (κ1) is 19.5. The molecule has 0 unspecified atom stereocenters. The number of hydrogen-bond acceptors (Lipinski definition) is 3. The maximum atomic E-state index is 9.54. The minimum absolute atomic E-state index is 0.0989. The highest BCUT2D eigenvalue weighted by molar-refractivity contribution is 5.37. The lowest BCUT2D eigenvalue weighted by atomic mass is 9.79. The lowest BCUT2D eigenvalue weighted by molar-refractivity contribution is 0.198. The van der Waals surface area contributed by atoms with E-state index in [0.29, 0.717) is 18.4 Å². The molecule has 4 rings (SSSR count). The Kier molecular flexibility index (Phi) is 5.75. The van der Waals surface area contributed by atoms with Gasteiger partial charge in [-0.05, 0) is 98.1 Å². The van der Waals surface area contributed by atoms with Gasteiger partial charge in [-0.15, -0.1) is 0 Å². The van der Waals surface area contributed by atoms with Gasteiger partial charge in [0, 0.05) is 5.54 Å². The number of nitrogens with two attached hydrogens (primary N) is 1. The van der Waals surface area contributed by atoms with Crippen LogP contribution in [0.3, 0.4) is 0 Å². The van der Waals surface area contributed by atoms with E-state index in [2.05, 4.69) is 42.5 Å². The van der Waals surface area contributed by atoms with Gasteiger partial charge in [0.15, 0.2) is 0 Å². The molecule has 2 aliphatic rings. The zero-order valence-corrected chi connectivity index (χ0v) is 17.0. The third-order valence-electron chi connectivity index (χ3n) is 6.75. The molecule has 3 heteroatoms. The van der Waals surface area contributed by atoms with Crippen molar-refractivity contribution in [3.63, 3.8) is 0 Å². The Morgan fingerprint density at radius 2 is 1.93 bits per heavy atom. The van der Waals surface area contributed by atoms with E-state index in [1.165, 1.54) is 41.5 Å². The molecule has 2 aliphatic carbocycles. The van der Waals surface area contributed by atoms with E-state index in [4.69, 9.17) is 10.5 Å². The van der Waals surface area contributed by atoms with Crippen LogP contribution >= 0.6 is 0 Å². The molecule has 2 aromatic carbocycles. The first-order valence-electron chi connectivity index (χ1n) is 10.8. The van der Waals surface area contributed by atoms with Gasteiger partial charge in [-0.3, -0.25) is 0 Å². The highest BCUT2D eigenvalue weighted by Crippen LogP contribution is 2.40. The molecule has 0 spiro atoms. The van der Waals surface area contributed by atoms with Crippen LogP contribution in [-0.2, 0) is 19.3 Å². The SMILES string of the molecule is CCOc1ccc(C[C@@H]2CCc3cc([C@H]4CC[C@](N)(CO)C4)ccc3C2)cc1. The summed E-state index contributed by atoms with van der Waals surface area (Å²) in [5.41, 5.74) is 11.8. The number of hydrogen-bond donors (Lipinski definition) is 2. The van der Waals surface area contributed by atoms with Crippen LogP contribution in [0.5, 0.6) is 5.75 Å². The maximum absolute atomic E-state index is 9.54. The van der Waals surface area contributed by atoms with E-state index < -0.39 is 0 Å². The van der Waals surface area contributed by atoms with Crippen molar-refractivity contribution in [2.75, 3.05) is 13.2 Å². The number of benzene rings is 2. The predicted molar refractivity (Wildman–Crippen MR) is 114 cm³/mol. The third kappa shape index (κ3) is 4.26. The average molecular weight is 380 g/mol.